The number of nitrogens with zero attached hydrogens (tertiary/aromatic N) is 1. The Morgan fingerprint density at radius 3 is 2.38 bits per heavy atom. The minimum absolute atomic E-state index is 0.683. The number of rotatable bonds is 2. The van der Waals surface area contributed by atoms with Crippen molar-refractivity contribution in [3.63, 3.8) is 0 Å². The van der Waals surface area contributed by atoms with Gasteiger partial charge in [-0.25, -0.2) is 9.78 Å². The van der Waals surface area contributed by atoms with E-state index >= 15 is 0 Å². The van der Waals surface area contributed by atoms with Crippen molar-refractivity contribution < 1.29 is 19.7 Å². The van der Waals surface area contributed by atoms with Crippen LogP contribution in [0.5, 0.6) is 5.75 Å². The lowest BCUT2D eigenvalue weighted by Crippen LogP contribution is -2.13. The predicted octanol–water partition coefficient (Wildman–Crippen LogP) is 2.01. The fourth-order valence-corrected chi connectivity index (χ4v) is 2.10. The molecule has 0 fully saturated rings. The van der Waals surface area contributed by atoms with Crippen LogP contribution in [0.3, 0.4) is 0 Å². The van der Waals surface area contributed by atoms with Crippen LogP contribution in [-0.2, 0) is 4.79 Å². The van der Waals surface area contributed by atoms with Crippen molar-refractivity contribution in [3.8, 4) is 5.75 Å². The second-order valence-corrected chi connectivity index (χ2v) is 5.20. The van der Waals surface area contributed by atoms with Crippen molar-refractivity contribution in [2.45, 2.75) is 13.0 Å². The summed E-state index contributed by atoms with van der Waals surface area (Å²) in [6.07, 6.45) is -1.23. The first kappa shape index (κ1) is 17.3. The molecule has 0 saturated carbocycles. The van der Waals surface area contributed by atoms with E-state index < -0.39 is 12.1 Å². The average Bonchev–Trinajstić information content (AvgIpc) is 2.55. The molecule has 0 aliphatic rings. The van der Waals surface area contributed by atoms with Crippen molar-refractivity contribution in [1.82, 2.24) is 4.98 Å². The minimum atomic E-state index is -1.23. The molecule has 0 saturated heterocycles. The smallest absolute Gasteiger partial charge is 0.332 e. The Hall–Kier alpha value is -3.06. The molecule has 126 valence electrons. The number of aromatic nitrogens is 1. The second-order valence-electron chi connectivity index (χ2n) is 5.20. The monoisotopic (exact) mass is 329 g/mol. The van der Waals surface area contributed by atoms with Crippen LogP contribution in [0.2, 0.25) is 0 Å². The summed E-state index contributed by atoms with van der Waals surface area (Å²) in [5.41, 5.74) is 15.0. The van der Waals surface area contributed by atoms with Crippen molar-refractivity contribution in [2.75, 3.05) is 18.6 Å². The van der Waals surface area contributed by atoms with Gasteiger partial charge < -0.3 is 26.4 Å². The van der Waals surface area contributed by atoms with E-state index in [1.807, 2.05) is 36.4 Å². The van der Waals surface area contributed by atoms with Gasteiger partial charge in [-0.1, -0.05) is 0 Å². The molecule has 24 heavy (non-hydrogen) atoms. The summed E-state index contributed by atoms with van der Waals surface area (Å²) >= 11 is 0. The Bertz CT molecular complexity index is 894. The normalized spacial score (nSPS) is 11.6. The molecule has 0 spiro atoms. The van der Waals surface area contributed by atoms with Gasteiger partial charge in [0, 0.05) is 16.5 Å². The number of nitrogens with two attached hydrogens (primary N) is 2. The second kappa shape index (κ2) is 7.01. The summed E-state index contributed by atoms with van der Waals surface area (Å²) in [4.78, 5) is 14.0. The molecule has 1 atom stereocenters. The van der Waals surface area contributed by atoms with Crippen molar-refractivity contribution in [3.05, 3.63) is 36.4 Å². The topological polar surface area (TPSA) is 132 Å². The van der Waals surface area contributed by atoms with Crippen molar-refractivity contribution >= 4 is 39.1 Å². The van der Waals surface area contributed by atoms with E-state index in [1.165, 1.54) is 6.92 Å². The van der Waals surface area contributed by atoms with E-state index in [0.717, 1.165) is 27.6 Å². The number of carboxylic acid groups (broad SMARTS) is 1. The fourth-order valence-electron chi connectivity index (χ4n) is 2.10. The molecular formula is C17H19N3O4. The van der Waals surface area contributed by atoms with E-state index in [0.29, 0.717) is 11.4 Å². The van der Waals surface area contributed by atoms with Gasteiger partial charge in [0.05, 0.1) is 23.8 Å². The maximum atomic E-state index is 9.45. The Kier molecular flexibility index (Phi) is 5.05. The lowest BCUT2D eigenvalue weighted by atomic mass is 10.1. The maximum Gasteiger partial charge on any atom is 0.332 e. The average molecular weight is 329 g/mol. The largest absolute Gasteiger partial charge is 0.497 e. The van der Waals surface area contributed by atoms with Gasteiger partial charge in [0.25, 0.3) is 0 Å². The summed E-state index contributed by atoms with van der Waals surface area (Å²) in [7, 11) is 1.63. The number of pyridine rings is 1. The van der Waals surface area contributed by atoms with E-state index in [2.05, 4.69) is 4.98 Å². The van der Waals surface area contributed by atoms with Crippen molar-refractivity contribution in [2.24, 2.45) is 0 Å². The minimum Gasteiger partial charge on any atom is -0.497 e. The Balaban J connectivity index is 0.000000301. The van der Waals surface area contributed by atoms with Crippen LogP contribution >= 0.6 is 0 Å². The summed E-state index contributed by atoms with van der Waals surface area (Å²) in [5.74, 6) is -0.416. The van der Waals surface area contributed by atoms with E-state index in [4.69, 9.17) is 26.4 Å². The highest BCUT2D eigenvalue weighted by Crippen LogP contribution is 2.31. The highest BCUT2D eigenvalue weighted by Gasteiger charge is 2.07. The van der Waals surface area contributed by atoms with E-state index in [1.54, 1.807) is 7.11 Å². The summed E-state index contributed by atoms with van der Waals surface area (Å²) in [6.45, 7) is 1.20. The first-order valence-corrected chi connectivity index (χ1v) is 7.16. The first-order chi connectivity index (χ1) is 11.3. The molecule has 1 aromatic heterocycles. The molecule has 6 N–H and O–H groups in total. The van der Waals surface area contributed by atoms with Gasteiger partial charge in [0.1, 0.15) is 11.9 Å². The number of fused-ring (bicyclic) bond motifs is 2. The number of anilines is 2. The molecule has 1 unspecified atom stereocenters. The van der Waals surface area contributed by atoms with Gasteiger partial charge >= 0.3 is 5.97 Å². The third-order valence-corrected chi connectivity index (χ3v) is 3.40. The Morgan fingerprint density at radius 2 is 1.79 bits per heavy atom. The predicted molar refractivity (Wildman–Crippen MR) is 93.9 cm³/mol. The number of aliphatic carboxylic acids is 1. The van der Waals surface area contributed by atoms with Gasteiger partial charge in [-0.2, -0.15) is 0 Å². The molecule has 1 heterocycles. The summed E-state index contributed by atoms with van der Waals surface area (Å²) < 4.78 is 5.21. The molecule has 0 aliphatic heterocycles. The van der Waals surface area contributed by atoms with Crippen LogP contribution in [0.15, 0.2) is 36.4 Å². The number of ether oxygens (including phenoxy) is 1. The number of nitrogen functional groups attached to an aromatic ring is 2. The third kappa shape index (κ3) is 3.64. The zero-order valence-corrected chi connectivity index (χ0v) is 13.4. The molecular weight excluding hydrogens is 310 g/mol. The molecule has 2 aromatic carbocycles. The van der Waals surface area contributed by atoms with Crippen LogP contribution < -0.4 is 16.2 Å². The number of benzene rings is 2. The number of carboxylic acids is 1. The molecule has 7 heteroatoms. The summed E-state index contributed by atoms with van der Waals surface area (Å²) in [6, 6.07) is 11.2. The Morgan fingerprint density at radius 1 is 1.12 bits per heavy atom. The third-order valence-electron chi connectivity index (χ3n) is 3.40. The zero-order valence-electron chi connectivity index (χ0n) is 13.4. The highest BCUT2D eigenvalue weighted by atomic mass is 16.5. The number of carbonyl (C=O) groups is 1. The van der Waals surface area contributed by atoms with Gasteiger partial charge in [-0.05, 0) is 43.3 Å². The molecule has 3 aromatic rings. The SMILES string of the molecule is CC(O)C(=O)O.COc1ccc2nc3cc(N)ccc3c(N)c2c1. The van der Waals surface area contributed by atoms with E-state index in [9.17, 15) is 4.79 Å². The summed E-state index contributed by atoms with van der Waals surface area (Å²) in [5, 5.41) is 17.6. The number of hydrogen-bond acceptors (Lipinski definition) is 6. The van der Waals surface area contributed by atoms with Gasteiger partial charge in [-0.15, -0.1) is 0 Å². The van der Waals surface area contributed by atoms with Crippen LogP contribution in [0.4, 0.5) is 11.4 Å². The maximum absolute atomic E-state index is 9.45. The molecule has 0 bridgehead atoms. The number of aliphatic hydroxyl groups is 1. The Labute approximate surface area is 138 Å². The lowest BCUT2D eigenvalue weighted by Gasteiger charge is -2.08. The van der Waals surface area contributed by atoms with Gasteiger partial charge in [-0.3, -0.25) is 0 Å². The van der Waals surface area contributed by atoms with Crippen LogP contribution in [0, 0.1) is 0 Å². The number of aliphatic hydroxyl groups excluding tert-OH is 1. The molecule has 7 nitrogen and oxygen atoms in total. The van der Waals surface area contributed by atoms with Gasteiger partial charge in [0.2, 0.25) is 0 Å². The first-order valence-electron chi connectivity index (χ1n) is 7.16. The van der Waals surface area contributed by atoms with E-state index in [-0.39, 0.29) is 0 Å². The zero-order chi connectivity index (χ0) is 17.9. The molecule has 0 radical (unpaired) electrons. The molecule has 0 aliphatic carbocycles. The molecule has 3 rings (SSSR count). The number of methoxy groups -OCH3 is 1. The molecule has 0 amide bonds. The number of hydrogen-bond donors (Lipinski definition) is 4. The highest BCUT2D eigenvalue weighted by molar-refractivity contribution is 6.07. The fraction of sp³-hybridized carbons (Fsp3) is 0.176. The lowest BCUT2D eigenvalue weighted by molar-refractivity contribution is -0.145. The van der Waals surface area contributed by atoms with Crippen molar-refractivity contribution in [1.29, 1.82) is 0 Å². The van der Waals surface area contributed by atoms with Gasteiger partial charge in [0.15, 0.2) is 0 Å². The van der Waals surface area contributed by atoms with Crippen LogP contribution in [-0.4, -0.2) is 34.4 Å². The quantitative estimate of drug-likeness (QED) is 0.417. The standard InChI is InChI=1S/C14H13N3O.C3H6O3/c1-18-9-3-5-12-11(7-9)14(16)10-4-2-8(15)6-13(10)17-12;1-2(4)3(5)6/h2-7H,15H2,1H3,(H2,16,17);2,4H,1H3,(H,5,6). The van der Waals surface area contributed by atoms with Crippen LogP contribution in [0.25, 0.3) is 21.8 Å². The van der Waals surface area contributed by atoms with Crippen LogP contribution in [0.1, 0.15) is 6.92 Å².